The Kier molecular flexibility index (Phi) is 3.86. The molecule has 0 fully saturated rings. The molecule has 66 valence electrons. The van der Waals surface area contributed by atoms with Gasteiger partial charge in [-0.05, 0) is 39.5 Å². The van der Waals surface area contributed by atoms with Gasteiger partial charge in [-0.1, -0.05) is 35.5 Å². The molecule has 1 aliphatic rings. The quantitative estimate of drug-likeness (QED) is 0.472. The summed E-state index contributed by atoms with van der Waals surface area (Å²) >= 11 is 0. The van der Waals surface area contributed by atoms with Crippen LogP contribution in [0.3, 0.4) is 0 Å². The molecule has 0 saturated heterocycles. The van der Waals surface area contributed by atoms with Crippen LogP contribution in [-0.4, -0.2) is 0 Å². The molecule has 0 heteroatoms. The molecular formula is C12H18. The van der Waals surface area contributed by atoms with Crippen LogP contribution in [0.5, 0.6) is 0 Å². The van der Waals surface area contributed by atoms with Gasteiger partial charge in [0.1, 0.15) is 0 Å². The zero-order valence-corrected chi connectivity index (χ0v) is 8.14. The molecule has 0 atom stereocenters. The lowest BCUT2D eigenvalue weighted by Gasteiger charge is -2.03. The number of hydrogen-bond acceptors (Lipinski definition) is 0. The van der Waals surface area contributed by atoms with Crippen molar-refractivity contribution in [2.75, 3.05) is 0 Å². The van der Waals surface area contributed by atoms with Crippen molar-refractivity contribution in [2.45, 2.75) is 39.5 Å². The third kappa shape index (κ3) is 3.08. The summed E-state index contributed by atoms with van der Waals surface area (Å²) in [5.74, 6) is 0. The standard InChI is InChI=1S/C12H18/c1-11-9-7-5-3-4-6-8-10-12(11)2/h5-8H,3-4,9-10H2,1-2H3/b7-5-,8-6-,12-11-. The fourth-order valence-corrected chi connectivity index (χ4v) is 1.30. The number of rotatable bonds is 0. The van der Waals surface area contributed by atoms with Gasteiger partial charge in [0.2, 0.25) is 0 Å². The van der Waals surface area contributed by atoms with Gasteiger partial charge in [0.25, 0.3) is 0 Å². The second-order valence-corrected chi connectivity index (χ2v) is 3.49. The van der Waals surface area contributed by atoms with Crippen molar-refractivity contribution in [3.63, 3.8) is 0 Å². The highest BCUT2D eigenvalue weighted by Gasteiger charge is 1.94. The summed E-state index contributed by atoms with van der Waals surface area (Å²) in [4.78, 5) is 0. The van der Waals surface area contributed by atoms with Crippen molar-refractivity contribution in [1.82, 2.24) is 0 Å². The Labute approximate surface area is 75.7 Å². The van der Waals surface area contributed by atoms with Crippen molar-refractivity contribution < 1.29 is 0 Å². The lowest BCUT2D eigenvalue weighted by molar-refractivity contribution is 0.999. The normalized spacial score (nSPS) is 31.2. The summed E-state index contributed by atoms with van der Waals surface area (Å²) in [5.41, 5.74) is 3.05. The van der Waals surface area contributed by atoms with Gasteiger partial charge in [-0.2, -0.15) is 0 Å². The van der Waals surface area contributed by atoms with Crippen LogP contribution in [0.15, 0.2) is 35.5 Å². The van der Waals surface area contributed by atoms with E-state index < -0.39 is 0 Å². The van der Waals surface area contributed by atoms with Crippen LogP contribution < -0.4 is 0 Å². The molecule has 12 heavy (non-hydrogen) atoms. The van der Waals surface area contributed by atoms with Crippen LogP contribution in [0.4, 0.5) is 0 Å². The zero-order valence-electron chi connectivity index (χ0n) is 8.14. The van der Waals surface area contributed by atoms with Gasteiger partial charge in [-0.3, -0.25) is 0 Å². The molecule has 0 aromatic rings. The average molecular weight is 162 g/mol. The summed E-state index contributed by atoms with van der Waals surface area (Å²) in [6, 6.07) is 0. The van der Waals surface area contributed by atoms with Crippen LogP contribution in [-0.2, 0) is 0 Å². The molecule has 0 aromatic heterocycles. The molecule has 0 bridgehead atoms. The summed E-state index contributed by atoms with van der Waals surface area (Å²) < 4.78 is 0. The van der Waals surface area contributed by atoms with Crippen LogP contribution in [0.25, 0.3) is 0 Å². The predicted octanol–water partition coefficient (Wildman–Crippen LogP) is 4.01. The molecular weight excluding hydrogens is 144 g/mol. The first-order valence-electron chi connectivity index (χ1n) is 4.76. The minimum absolute atomic E-state index is 1.14. The predicted molar refractivity (Wildman–Crippen MR) is 55.1 cm³/mol. The molecule has 1 aliphatic carbocycles. The van der Waals surface area contributed by atoms with Gasteiger partial charge in [0.05, 0.1) is 0 Å². The third-order valence-electron chi connectivity index (χ3n) is 2.41. The first-order chi connectivity index (χ1) is 5.80. The van der Waals surface area contributed by atoms with E-state index in [1.165, 1.54) is 24.0 Å². The van der Waals surface area contributed by atoms with Gasteiger partial charge in [-0.15, -0.1) is 0 Å². The van der Waals surface area contributed by atoms with Crippen LogP contribution in [0.1, 0.15) is 39.5 Å². The zero-order chi connectivity index (χ0) is 8.81. The van der Waals surface area contributed by atoms with E-state index in [2.05, 4.69) is 38.2 Å². The SMILES string of the molecule is C/C1=C(\C)C/C=C\CC/C=C\C1. The lowest BCUT2D eigenvalue weighted by atomic mass is 10.0. The maximum absolute atomic E-state index is 2.29. The Morgan fingerprint density at radius 2 is 1.17 bits per heavy atom. The number of allylic oxidation sites excluding steroid dienone is 6. The molecule has 0 radical (unpaired) electrons. The van der Waals surface area contributed by atoms with E-state index in [0.29, 0.717) is 0 Å². The van der Waals surface area contributed by atoms with Gasteiger partial charge >= 0.3 is 0 Å². The Morgan fingerprint density at radius 1 is 0.750 bits per heavy atom. The largest absolute Gasteiger partial charge is 0.0879 e. The second kappa shape index (κ2) is 4.97. The van der Waals surface area contributed by atoms with Gasteiger partial charge in [-0.25, -0.2) is 0 Å². The smallest absolute Gasteiger partial charge is 0.0139 e. The van der Waals surface area contributed by atoms with E-state index in [1.54, 1.807) is 0 Å². The van der Waals surface area contributed by atoms with Gasteiger partial charge in [0, 0.05) is 0 Å². The van der Waals surface area contributed by atoms with Crippen molar-refractivity contribution in [2.24, 2.45) is 0 Å². The van der Waals surface area contributed by atoms with Crippen LogP contribution in [0.2, 0.25) is 0 Å². The Morgan fingerprint density at radius 3 is 1.58 bits per heavy atom. The molecule has 0 N–H and O–H groups in total. The fourth-order valence-electron chi connectivity index (χ4n) is 1.30. The molecule has 1 rings (SSSR count). The molecule has 0 nitrogen and oxygen atoms in total. The van der Waals surface area contributed by atoms with E-state index in [9.17, 15) is 0 Å². The average Bonchev–Trinajstić information content (AvgIpc) is 2.08. The summed E-state index contributed by atoms with van der Waals surface area (Å²) in [7, 11) is 0. The Hall–Kier alpha value is -0.780. The second-order valence-electron chi connectivity index (χ2n) is 3.49. The van der Waals surface area contributed by atoms with Crippen molar-refractivity contribution in [3.8, 4) is 0 Å². The van der Waals surface area contributed by atoms with E-state index in [-0.39, 0.29) is 0 Å². The molecule has 0 unspecified atom stereocenters. The summed E-state index contributed by atoms with van der Waals surface area (Å²) in [6.45, 7) is 4.46. The minimum Gasteiger partial charge on any atom is -0.0879 e. The number of hydrogen-bond donors (Lipinski definition) is 0. The Balaban J connectivity index is 2.67. The van der Waals surface area contributed by atoms with E-state index in [4.69, 9.17) is 0 Å². The molecule has 0 aromatic carbocycles. The lowest BCUT2D eigenvalue weighted by Crippen LogP contribution is -1.83. The van der Waals surface area contributed by atoms with Gasteiger partial charge in [0.15, 0.2) is 0 Å². The highest BCUT2D eigenvalue weighted by molar-refractivity contribution is 5.16. The van der Waals surface area contributed by atoms with Gasteiger partial charge < -0.3 is 0 Å². The van der Waals surface area contributed by atoms with Crippen LogP contribution in [0, 0.1) is 0 Å². The molecule has 0 heterocycles. The van der Waals surface area contributed by atoms with Crippen molar-refractivity contribution in [1.29, 1.82) is 0 Å². The molecule has 0 amide bonds. The third-order valence-corrected chi connectivity index (χ3v) is 2.41. The highest BCUT2D eigenvalue weighted by Crippen LogP contribution is 2.14. The van der Waals surface area contributed by atoms with Crippen molar-refractivity contribution >= 4 is 0 Å². The molecule has 0 saturated carbocycles. The first kappa shape index (κ1) is 9.31. The fraction of sp³-hybridized carbons (Fsp3) is 0.500. The van der Waals surface area contributed by atoms with E-state index in [0.717, 1.165) is 12.8 Å². The van der Waals surface area contributed by atoms with Crippen molar-refractivity contribution in [3.05, 3.63) is 35.5 Å². The monoisotopic (exact) mass is 162 g/mol. The van der Waals surface area contributed by atoms with E-state index >= 15 is 0 Å². The highest BCUT2D eigenvalue weighted by atomic mass is 14.0. The minimum atomic E-state index is 1.14. The first-order valence-corrected chi connectivity index (χ1v) is 4.76. The Bertz CT molecular complexity index is 192. The molecule has 0 aliphatic heterocycles. The van der Waals surface area contributed by atoms with Crippen LogP contribution >= 0.6 is 0 Å². The maximum atomic E-state index is 2.29. The molecule has 0 spiro atoms. The van der Waals surface area contributed by atoms with E-state index in [1.807, 2.05) is 0 Å². The topological polar surface area (TPSA) is 0 Å². The summed E-state index contributed by atoms with van der Waals surface area (Å²) in [6.07, 6.45) is 13.8. The maximum Gasteiger partial charge on any atom is -0.0139 e. The summed E-state index contributed by atoms with van der Waals surface area (Å²) in [5, 5.41) is 0.